The molecule has 2 N–H and O–H groups in total. The number of nitrogens with zero attached hydrogens (tertiary/aromatic N) is 2. The van der Waals surface area contributed by atoms with Crippen molar-refractivity contribution in [2.45, 2.75) is 10.6 Å². The molecule has 2 amide bonds. The first-order chi connectivity index (χ1) is 15.2. The number of urea groups is 1. The molecule has 0 spiro atoms. The van der Waals surface area contributed by atoms with Gasteiger partial charge in [-0.1, -0.05) is 18.2 Å². The molecule has 0 aliphatic rings. The van der Waals surface area contributed by atoms with Crippen LogP contribution in [0.3, 0.4) is 0 Å². The minimum absolute atomic E-state index is 0.315. The van der Waals surface area contributed by atoms with Crippen molar-refractivity contribution in [3.05, 3.63) is 84.8 Å². The fraction of sp³-hybridized carbons (Fsp3) is 0.0870. The molecule has 7 nitrogen and oxygen atoms in total. The van der Waals surface area contributed by atoms with Crippen LogP contribution in [-0.2, 0) is 5.75 Å². The number of rotatable bonds is 7. The van der Waals surface area contributed by atoms with Crippen LogP contribution in [0.4, 0.5) is 16.2 Å². The van der Waals surface area contributed by atoms with Gasteiger partial charge in [0.2, 0.25) is 11.8 Å². The summed E-state index contributed by atoms with van der Waals surface area (Å²) in [5.41, 5.74) is 2.27. The lowest BCUT2D eigenvalue weighted by atomic mass is 10.2. The molecule has 8 heteroatoms. The van der Waals surface area contributed by atoms with Crippen LogP contribution in [0, 0.1) is 0 Å². The van der Waals surface area contributed by atoms with Gasteiger partial charge in [-0.15, -0.1) is 22.0 Å². The van der Waals surface area contributed by atoms with Gasteiger partial charge >= 0.3 is 6.03 Å². The van der Waals surface area contributed by atoms with Crippen molar-refractivity contribution in [2.75, 3.05) is 17.7 Å². The summed E-state index contributed by atoms with van der Waals surface area (Å²) < 4.78 is 10.8. The maximum absolute atomic E-state index is 12.2. The summed E-state index contributed by atoms with van der Waals surface area (Å²) in [5.74, 6) is 2.37. The quantitative estimate of drug-likeness (QED) is 0.365. The number of benzene rings is 3. The van der Waals surface area contributed by atoms with E-state index >= 15 is 0 Å². The molecule has 0 saturated heterocycles. The van der Waals surface area contributed by atoms with Gasteiger partial charge < -0.3 is 19.8 Å². The van der Waals surface area contributed by atoms with Gasteiger partial charge in [-0.25, -0.2) is 4.79 Å². The average molecular weight is 433 g/mol. The zero-order valence-electron chi connectivity index (χ0n) is 16.7. The Kier molecular flexibility index (Phi) is 6.49. The minimum Gasteiger partial charge on any atom is -0.497 e. The molecule has 156 valence electrons. The first-order valence-electron chi connectivity index (χ1n) is 9.52. The average Bonchev–Trinajstić information content (AvgIpc) is 3.29. The van der Waals surface area contributed by atoms with E-state index in [2.05, 4.69) is 20.8 Å². The maximum Gasteiger partial charge on any atom is 0.323 e. The summed E-state index contributed by atoms with van der Waals surface area (Å²) in [4.78, 5) is 13.2. The van der Waals surface area contributed by atoms with Crippen LogP contribution in [-0.4, -0.2) is 23.3 Å². The van der Waals surface area contributed by atoms with Crippen LogP contribution in [0.25, 0.3) is 11.5 Å². The van der Waals surface area contributed by atoms with Gasteiger partial charge in [0.15, 0.2) is 0 Å². The summed E-state index contributed by atoms with van der Waals surface area (Å²) in [6, 6.07) is 24.0. The molecule has 31 heavy (non-hydrogen) atoms. The van der Waals surface area contributed by atoms with Crippen LogP contribution in [0.5, 0.6) is 5.75 Å². The van der Waals surface area contributed by atoms with Crippen molar-refractivity contribution < 1.29 is 13.9 Å². The SMILES string of the molecule is COc1ccc(NC(=O)Nc2ccc(SCc3nnc(-c4ccccc4)o3)cc2)cc1. The predicted octanol–water partition coefficient (Wildman–Crippen LogP) is 5.68. The first-order valence-corrected chi connectivity index (χ1v) is 10.5. The van der Waals surface area contributed by atoms with E-state index in [1.165, 1.54) is 0 Å². The first kappa shape index (κ1) is 20.5. The summed E-state index contributed by atoms with van der Waals surface area (Å²) in [7, 11) is 1.60. The van der Waals surface area contributed by atoms with Crippen molar-refractivity contribution in [2.24, 2.45) is 0 Å². The van der Waals surface area contributed by atoms with E-state index in [9.17, 15) is 4.79 Å². The van der Waals surface area contributed by atoms with Crippen molar-refractivity contribution in [3.8, 4) is 17.2 Å². The van der Waals surface area contributed by atoms with E-state index in [1.807, 2.05) is 54.6 Å². The lowest BCUT2D eigenvalue weighted by Gasteiger charge is -2.09. The Bertz CT molecular complexity index is 1130. The molecule has 0 fully saturated rings. The van der Waals surface area contributed by atoms with Crippen LogP contribution >= 0.6 is 11.8 Å². The number of carbonyl (C=O) groups is 1. The number of anilines is 2. The Morgan fingerprint density at radius 3 is 2.19 bits per heavy atom. The predicted molar refractivity (Wildman–Crippen MR) is 121 cm³/mol. The molecular weight excluding hydrogens is 412 g/mol. The fourth-order valence-electron chi connectivity index (χ4n) is 2.76. The second-order valence-electron chi connectivity index (χ2n) is 6.49. The van der Waals surface area contributed by atoms with Crippen LogP contribution < -0.4 is 15.4 Å². The third kappa shape index (κ3) is 5.64. The highest BCUT2D eigenvalue weighted by molar-refractivity contribution is 7.98. The van der Waals surface area contributed by atoms with Gasteiger partial charge in [-0.2, -0.15) is 0 Å². The maximum atomic E-state index is 12.2. The topological polar surface area (TPSA) is 89.3 Å². The molecule has 0 bridgehead atoms. The normalized spacial score (nSPS) is 10.5. The number of hydrogen-bond acceptors (Lipinski definition) is 6. The van der Waals surface area contributed by atoms with Crippen molar-refractivity contribution >= 4 is 29.2 Å². The smallest absolute Gasteiger partial charge is 0.323 e. The number of nitrogens with one attached hydrogen (secondary N) is 2. The molecule has 0 saturated carbocycles. The zero-order valence-corrected chi connectivity index (χ0v) is 17.6. The molecule has 4 rings (SSSR count). The molecule has 0 radical (unpaired) electrons. The Balaban J connectivity index is 1.28. The summed E-state index contributed by atoms with van der Waals surface area (Å²) in [6.07, 6.45) is 0. The number of amides is 2. The number of hydrogen-bond donors (Lipinski definition) is 2. The van der Waals surface area contributed by atoms with E-state index in [0.29, 0.717) is 28.9 Å². The number of aromatic nitrogens is 2. The van der Waals surface area contributed by atoms with Crippen LogP contribution in [0.15, 0.2) is 88.2 Å². The molecule has 1 aromatic heterocycles. The second-order valence-corrected chi connectivity index (χ2v) is 7.54. The molecule has 0 unspecified atom stereocenters. The second kappa shape index (κ2) is 9.82. The van der Waals surface area contributed by atoms with Crippen molar-refractivity contribution in [3.63, 3.8) is 0 Å². The van der Waals surface area contributed by atoms with E-state index in [1.54, 1.807) is 43.1 Å². The Morgan fingerprint density at radius 1 is 0.903 bits per heavy atom. The summed E-state index contributed by atoms with van der Waals surface area (Å²) in [5, 5.41) is 13.8. The van der Waals surface area contributed by atoms with E-state index in [-0.39, 0.29) is 6.03 Å². The van der Waals surface area contributed by atoms with Crippen molar-refractivity contribution in [1.82, 2.24) is 10.2 Å². The van der Waals surface area contributed by atoms with E-state index in [0.717, 1.165) is 16.2 Å². The summed E-state index contributed by atoms with van der Waals surface area (Å²) >= 11 is 1.58. The number of ether oxygens (including phenoxy) is 1. The third-order valence-corrected chi connectivity index (χ3v) is 5.31. The Labute approximate surface area is 183 Å². The molecule has 0 atom stereocenters. The van der Waals surface area contributed by atoms with E-state index in [4.69, 9.17) is 9.15 Å². The molecule has 0 aliphatic carbocycles. The van der Waals surface area contributed by atoms with Crippen LogP contribution in [0.2, 0.25) is 0 Å². The molecule has 4 aromatic rings. The molecule has 0 aliphatic heterocycles. The van der Waals surface area contributed by atoms with Gasteiger partial charge in [0, 0.05) is 21.8 Å². The number of carbonyl (C=O) groups excluding carboxylic acids is 1. The highest BCUT2D eigenvalue weighted by atomic mass is 32.2. The largest absolute Gasteiger partial charge is 0.497 e. The standard InChI is InChI=1S/C23H20N4O3S/c1-29-19-11-7-17(8-12-19)24-23(28)25-18-9-13-20(14-10-18)31-15-21-26-27-22(30-21)16-5-3-2-4-6-16/h2-14H,15H2,1H3,(H2,24,25,28). The molecular formula is C23H20N4O3S. The Morgan fingerprint density at radius 2 is 1.55 bits per heavy atom. The van der Waals surface area contributed by atoms with Crippen molar-refractivity contribution in [1.29, 1.82) is 0 Å². The zero-order chi connectivity index (χ0) is 21.5. The summed E-state index contributed by atoms with van der Waals surface area (Å²) in [6.45, 7) is 0. The Hall–Kier alpha value is -3.78. The highest BCUT2D eigenvalue weighted by Gasteiger charge is 2.09. The van der Waals surface area contributed by atoms with Crippen LogP contribution in [0.1, 0.15) is 5.89 Å². The van der Waals surface area contributed by atoms with Gasteiger partial charge in [-0.05, 0) is 60.7 Å². The highest BCUT2D eigenvalue weighted by Crippen LogP contribution is 2.25. The van der Waals surface area contributed by atoms with E-state index < -0.39 is 0 Å². The molecule has 1 heterocycles. The fourth-order valence-corrected chi connectivity index (χ4v) is 3.49. The number of methoxy groups -OCH3 is 1. The third-order valence-electron chi connectivity index (χ3n) is 4.31. The lowest BCUT2D eigenvalue weighted by molar-refractivity contribution is 0.262. The van der Waals surface area contributed by atoms with Gasteiger partial charge in [0.05, 0.1) is 12.9 Å². The minimum atomic E-state index is -0.315. The monoisotopic (exact) mass is 432 g/mol. The molecule has 3 aromatic carbocycles. The van der Waals surface area contributed by atoms with Gasteiger partial charge in [0.25, 0.3) is 0 Å². The van der Waals surface area contributed by atoms with Gasteiger partial charge in [0.1, 0.15) is 5.75 Å². The lowest BCUT2D eigenvalue weighted by Crippen LogP contribution is -2.19. The van der Waals surface area contributed by atoms with Gasteiger partial charge in [-0.3, -0.25) is 0 Å². The number of thioether (sulfide) groups is 1.